The third-order valence-electron chi connectivity index (χ3n) is 4.51. The van der Waals surface area contributed by atoms with Gasteiger partial charge in [0.2, 0.25) is 5.95 Å². The van der Waals surface area contributed by atoms with Gasteiger partial charge in [0.05, 0.1) is 12.3 Å². The Morgan fingerprint density at radius 1 is 1.21 bits per heavy atom. The molecule has 0 spiro atoms. The van der Waals surface area contributed by atoms with Gasteiger partial charge in [-0.05, 0) is 48.9 Å². The van der Waals surface area contributed by atoms with Crippen molar-refractivity contribution in [3.63, 3.8) is 0 Å². The lowest BCUT2D eigenvalue weighted by atomic mass is 10.1. The Bertz CT molecular complexity index is 1120. The third kappa shape index (κ3) is 4.03. The monoisotopic (exact) mass is 393 g/mol. The zero-order valence-electron chi connectivity index (χ0n) is 15.6. The smallest absolute Gasteiger partial charge is 0.349 e. The van der Waals surface area contributed by atoms with Gasteiger partial charge in [-0.3, -0.25) is 9.78 Å². The highest BCUT2D eigenvalue weighted by Gasteiger charge is 2.28. The number of anilines is 2. The van der Waals surface area contributed by atoms with Gasteiger partial charge in [0.1, 0.15) is 6.04 Å². The third-order valence-corrected chi connectivity index (χ3v) is 4.51. The molecule has 1 fully saturated rings. The van der Waals surface area contributed by atoms with Crippen molar-refractivity contribution >= 4 is 23.5 Å². The number of aryl methyl sites for hydroxylation is 1. The second kappa shape index (κ2) is 7.63. The number of nitrogens with zero attached hydrogens (tertiary/aromatic N) is 2. The molecule has 2 aromatic carbocycles. The first-order valence-electron chi connectivity index (χ1n) is 9.10. The molecule has 1 atom stereocenters. The van der Waals surface area contributed by atoms with E-state index in [2.05, 4.69) is 20.7 Å². The van der Waals surface area contributed by atoms with Gasteiger partial charge in [0.25, 0.3) is 5.91 Å². The molecule has 1 saturated heterocycles. The first-order valence-corrected chi connectivity index (χ1v) is 9.10. The number of cyclic esters (lactones) is 1. The van der Waals surface area contributed by atoms with E-state index in [1.807, 2.05) is 25.1 Å². The van der Waals surface area contributed by atoms with Crippen LogP contribution in [-0.4, -0.2) is 39.3 Å². The number of ether oxygens (including phenoxy) is 1. The number of aromatic amines is 1. The molecule has 2 heterocycles. The molecule has 4 rings (SSSR count). The molecule has 0 aliphatic carbocycles. The number of aromatic nitrogens is 3. The molecule has 1 aromatic heterocycles. The van der Waals surface area contributed by atoms with Crippen molar-refractivity contribution in [1.82, 2.24) is 20.1 Å². The van der Waals surface area contributed by atoms with Gasteiger partial charge in [-0.1, -0.05) is 12.1 Å². The van der Waals surface area contributed by atoms with E-state index in [4.69, 9.17) is 4.74 Å². The number of amides is 1. The van der Waals surface area contributed by atoms with E-state index >= 15 is 0 Å². The molecule has 0 radical (unpaired) electrons. The second-order valence-corrected chi connectivity index (χ2v) is 6.71. The standard InChI is InChI=1S/C20H19N5O4/c1-12-3-2-4-15(11-12)25-20(28)23-19(24-25)21-14-7-5-13(6-8-14)17(26)22-16-9-10-29-18(16)27/h2-8,11,16H,9-10H2,1H3,(H,22,26)(H2,21,23,24,28)/t16-/m1/s1. The molecular formula is C20H19N5O4. The fourth-order valence-corrected chi connectivity index (χ4v) is 3.03. The minimum absolute atomic E-state index is 0.280. The van der Waals surface area contributed by atoms with Crippen molar-refractivity contribution < 1.29 is 14.3 Å². The Balaban J connectivity index is 1.45. The van der Waals surface area contributed by atoms with Gasteiger partial charge >= 0.3 is 11.7 Å². The minimum atomic E-state index is -0.601. The highest BCUT2D eigenvalue weighted by atomic mass is 16.5. The van der Waals surface area contributed by atoms with E-state index in [1.165, 1.54) is 4.68 Å². The van der Waals surface area contributed by atoms with Gasteiger partial charge in [0.15, 0.2) is 0 Å². The van der Waals surface area contributed by atoms with E-state index in [1.54, 1.807) is 30.3 Å². The van der Waals surface area contributed by atoms with Crippen LogP contribution in [-0.2, 0) is 9.53 Å². The van der Waals surface area contributed by atoms with E-state index in [9.17, 15) is 14.4 Å². The number of hydrogen-bond donors (Lipinski definition) is 3. The molecule has 9 nitrogen and oxygen atoms in total. The Morgan fingerprint density at radius 3 is 2.69 bits per heavy atom. The lowest BCUT2D eigenvalue weighted by Gasteiger charge is -2.09. The van der Waals surface area contributed by atoms with Crippen LogP contribution < -0.4 is 16.3 Å². The molecule has 3 N–H and O–H groups in total. The molecule has 1 aliphatic heterocycles. The quantitative estimate of drug-likeness (QED) is 0.568. The largest absolute Gasteiger partial charge is 0.464 e. The van der Waals surface area contributed by atoms with Gasteiger partial charge in [0, 0.05) is 17.7 Å². The molecule has 0 unspecified atom stereocenters. The number of rotatable bonds is 5. The maximum Gasteiger partial charge on any atom is 0.349 e. The first-order chi connectivity index (χ1) is 14.0. The van der Waals surface area contributed by atoms with Crippen LogP contribution in [0.2, 0.25) is 0 Å². The normalized spacial score (nSPS) is 15.8. The molecule has 0 saturated carbocycles. The highest BCUT2D eigenvalue weighted by Crippen LogP contribution is 2.15. The molecule has 1 aliphatic rings. The van der Waals surface area contributed by atoms with Gasteiger partial charge < -0.3 is 15.4 Å². The highest BCUT2D eigenvalue weighted by molar-refractivity contribution is 5.97. The molecule has 29 heavy (non-hydrogen) atoms. The number of carbonyl (C=O) groups excluding carboxylic acids is 2. The van der Waals surface area contributed by atoms with Crippen LogP contribution in [0.25, 0.3) is 5.69 Å². The lowest BCUT2D eigenvalue weighted by Crippen LogP contribution is -2.37. The van der Waals surface area contributed by atoms with Crippen molar-refractivity contribution in [2.45, 2.75) is 19.4 Å². The molecule has 9 heteroatoms. The fraction of sp³-hybridized carbons (Fsp3) is 0.200. The maximum absolute atomic E-state index is 12.2. The molecule has 148 valence electrons. The summed E-state index contributed by atoms with van der Waals surface area (Å²) < 4.78 is 6.11. The number of carbonyl (C=O) groups is 2. The summed E-state index contributed by atoms with van der Waals surface area (Å²) >= 11 is 0. The van der Waals surface area contributed by atoms with E-state index in [0.717, 1.165) is 5.56 Å². The van der Waals surface area contributed by atoms with Gasteiger partial charge in [-0.2, -0.15) is 4.68 Å². The van der Waals surface area contributed by atoms with E-state index in [0.29, 0.717) is 30.0 Å². The van der Waals surface area contributed by atoms with Crippen LogP contribution in [0.15, 0.2) is 53.3 Å². The predicted molar refractivity (Wildman–Crippen MR) is 105 cm³/mol. The number of benzene rings is 2. The maximum atomic E-state index is 12.2. The van der Waals surface area contributed by atoms with Crippen LogP contribution in [0.5, 0.6) is 0 Å². The van der Waals surface area contributed by atoms with Crippen molar-refractivity contribution in [2.24, 2.45) is 0 Å². The van der Waals surface area contributed by atoms with Crippen LogP contribution in [0.4, 0.5) is 11.6 Å². The Morgan fingerprint density at radius 2 is 2.00 bits per heavy atom. The topological polar surface area (TPSA) is 118 Å². The second-order valence-electron chi connectivity index (χ2n) is 6.71. The Hall–Kier alpha value is -3.88. The minimum Gasteiger partial charge on any atom is -0.464 e. The average molecular weight is 393 g/mol. The summed E-state index contributed by atoms with van der Waals surface area (Å²) in [5.41, 5.74) is 2.38. The number of hydrogen-bond acceptors (Lipinski definition) is 6. The summed E-state index contributed by atoms with van der Waals surface area (Å²) in [6, 6.07) is 13.5. The summed E-state index contributed by atoms with van der Waals surface area (Å²) in [4.78, 5) is 38.6. The summed E-state index contributed by atoms with van der Waals surface area (Å²) in [7, 11) is 0. The van der Waals surface area contributed by atoms with Crippen LogP contribution in [0.3, 0.4) is 0 Å². The summed E-state index contributed by atoms with van der Waals surface area (Å²) in [5, 5.41) is 9.91. The SMILES string of the molecule is Cc1cccc(-n2nc(Nc3ccc(C(=O)N[C@@H]4CCOC4=O)cc3)[nH]c2=O)c1. The van der Waals surface area contributed by atoms with E-state index in [-0.39, 0.29) is 17.5 Å². The first kappa shape index (κ1) is 18.5. The molecule has 0 bridgehead atoms. The predicted octanol–water partition coefficient (Wildman–Crippen LogP) is 1.66. The van der Waals surface area contributed by atoms with Crippen LogP contribution >= 0.6 is 0 Å². The average Bonchev–Trinajstić information content (AvgIpc) is 3.27. The Kier molecular flexibility index (Phi) is 4.86. The molecular weight excluding hydrogens is 374 g/mol. The number of nitrogens with one attached hydrogen (secondary N) is 3. The van der Waals surface area contributed by atoms with Crippen molar-refractivity contribution in [3.05, 3.63) is 70.1 Å². The number of esters is 1. The molecule has 1 amide bonds. The number of H-pyrrole nitrogens is 1. The summed E-state index contributed by atoms with van der Waals surface area (Å²) in [5.74, 6) is -0.482. The Labute approximate surface area is 165 Å². The fourth-order valence-electron chi connectivity index (χ4n) is 3.03. The molecule has 3 aromatic rings. The van der Waals surface area contributed by atoms with Gasteiger partial charge in [-0.25, -0.2) is 9.59 Å². The van der Waals surface area contributed by atoms with Crippen molar-refractivity contribution in [3.8, 4) is 5.69 Å². The zero-order valence-corrected chi connectivity index (χ0v) is 15.6. The van der Waals surface area contributed by atoms with Crippen molar-refractivity contribution in [1.29, 1.82) is 0 Å². The van der Waals surface area contributed by atoms with Crippen LogP contribution in [0.1, 0.15) is 22.3 Å². The van der Waals surface area contributed by atoms with Gasteiger partial charge in [-0.15, -0.1) is 5.10 Å². The van der Waals surface area contributed by atoms with Crippen molar-refractivity contribution in [2.75, 3.05) is 11.9 Å². The van der Waals surface area contributed by atoms with E-state index < -0.39 is 12.0 Å². The zero-order chi connectivity index (χ0) is 20.4. The summed E-state index contributed by atoms with van der Waals surface area (Å²) in [6.45, 7) is 2.26. The van der Waals surface area contributed by atoms with Crippen LogP contribution in [0, 0.1) is 6.92 Å². The summed E-state index contributed by atoms with van der Waals surface area (Å²) in [6.07, 6.45) is 0.473. The lowest BCUT2D eigenvalue weighted by molar-refractivity contribution is -0.139.